The molecule has 1 aromatic heterocycles. The predicted octanol–water partition coefficient (Wildman–Crippen LogP) is 3.81. The van der Waals surface area contributed by atoms with E-state index < -0.39 is 0 Å². The van der Waals surface area contributed by atoms with Gasteiger partial charge >= 0.3 is 0 Å². The van der Waals surface area contributed by atoms with Crippen LogP contribution in [0.25, 0.3) is 16.5 Å². The molecule has 0 spiro atoms. The summed E-state index contributed by atoms with van der Waals surface area (Å²) < 4.78 is 0. The molecule has 0 aliphatic carbocycles. The van der Waals surface area contributed by atoms with Gasteiger partial charge in [-0.1, -0.05) is 36.4 Å². The maximum atomic E-state index is 8.68. The molecule has 0 aliphatic heterocycles. The summed E-state index contributed by atoms with van der Waals surface area (Å²) >= 11 is 1.77. The predicted molar refractivity (Wildman–Crippen MR) is 70.5 cm³/mol. The fraction of sp³-hybridized carbons (Fsp3) is 0.143. The average molecular weight is 230 g/mol. The van der Waals surface area contributed by atoms with Gasteiger partial charge in [-0.3, -0.25) is 0 Å². The maximum absolute atomic E-state index is 8.68. The van der Waals surface area contributed by atoms with E-state index in [-0.39, 0.29) is 6.61 Å². The van der Waals surface area contributed by atoms with Gasteiger partial charge in [0.1, 0.15) is 0 Å². The molecule has 2 rings (SSSR count). The van der Waals surface area contributed by atoms with Crippen molar-refractivity contribution in [3.05, 3.63) is 53.4 Å². The third kappa shape index (κ3) is 2.81. The van der Waals surface area contributed by atoms with Crippen LogP contribution in [0.1, 0.15) is 11.3 Å². The van der Waals surface area contributed by atoms with Gasteiger partial charge in [0.2, 0.25) is 0 Å². The number of hydrogen-bond acceptors (Lipinski definition) is 2. The highest BCUT2D eigenvalue weighted by molar-refractivity contribution is 7.16. The zero-order valence-electron chi connectivity index (χ0n) is 8.97. The van der Waals surface area contributed by atoms with E-state index in [4.69, 9.17) is 5.11 Å². The summed E-state index contributed by atoms with van der Waals surface area (Å²) in [5.41, 5.74) is 1.26. The van der Waals surface area contributed by atoms with Crippen molar-refractivity contribution < 1.29 is 5.11 Å². The van der Waals surface area contributed by atoms with Crippen LogP contribution < -0.4 is 0 Å². The van der Waals surface area contributed by atoms with Gasteiger partial charge in [0.25, 0.3) is 0 Å². The number of rotatable bonds is 4. The van der Waals surface area contributed by atoms with E-state index in [1.165, 1.54) is 15.3 Å². The van der Waals surface area contributed by atoms with Crippen LogP contribution >= 0.6 is 11.3 Å². The summed E-state index contributed by atoms with van der Waals surface area (Å²) in [5, 5.41) is 8.68. The fourth-order valence-corrected chi connectivity index (χ4v) is 2.42. The first-order chi connectivity index (χ1) is 7.90. The van der Waals surface area contributed by atoms with Gasteiger partial charge in [-0.15, -0.1) is 11.3 Å². The Balaban J connectivity index is 2.14. The Labute approximate surface area is 99.7 Å². The number of benzene rings is 1. The van der Waals surface area contributed by atoms with E-state index in [0.717, 1.165) is 6.42 Å². The zero-order valence-corrected chi connectivity index (χ0v) is 9.78. The highest BCUT2D eigenvalue weighted by Crippen LogP contribution is 2.28. The molecule has 0 fully saturated rings. The van der Waals surface area contributed by atoms with Crippen molar-refractivity contribution in [2.45, 2.75) is 6.42 Å². The van der Waals surface area contributed by atoms with Crippen LogP contribution in [0.3, 0.4) is 0 Å². The summed E-state index contributed by atoms with van der Waals surface area (Å²) in [5.74, 6) is 0. The first kappa shape index (κ1) is 11.1. The minimum Gasteiger partial charge on any atom is -0.396 e. The van der Waals surface area contributed by atoms with Gasteiger partial charge in [-0.2, -0.15) is 0 Å². The van der Waals surface area contributed by atoms with Crippen molar-refractivity contribution in [2.24, 2.45) is 0 Å². The Morgan fingerprint density at radius 2 is 1.88 bits per heavy atom. The van der Waals surface area contributed by atoms with Gasteiger partial charge < -0.3 is 5.11 Å². The summed E-state index contributed by atoms with van der Waals surface area (Å²) in [6.45, 7) is 0.216. The molecular weight excluding hydrogens is 216 g/mol. The van der Waals surface area contributed by atoms with Gasteiger partial charge in [-0.05, 0) is 30.2 Å². The molecule has 0 radical (unpaired) electrons. The molecule has 1 aromatic carbocycles. The first-order valence-corrected chi connectivity index (χ1v) is 6.14. The standard InChI is InChI=1S/C14H14OS/c15-11-5-4-8-13-9-10-14(16-13)12-6-2-1-3-7-12/h1-4,6-10,15H,5,11H2. The minimum atomic E-state index is 0.216. The monoisotopic (exact) mass is 230 g/mol. The number of aliphatic hydroxyl groups excluding tert-OH is 1. The quantitative estimate of drug-likeness (QED) is 0.846. The number of thiophene rings is 1. The third-order valence-corrected chi connectivity index (χ3v) is 3.36. The van der Waals surface area contributed by atoms with E-state index in [2.05, 4.69) is 42.5 Å². The minimum absolute atomic E-state index is 0.216. The van der Waals surface area contributed by atoms with Gasteiger partial charge in [-0.25, -0.2) is 0 Å². The fourth-order valence-electron chi connectivity index (χ4n) is 1.47. The second-order valence-corrected chi connectivity index (χ2v) is 4.60. The third-order valence-electron chi connectivity index (χ3n) is 2.26. The topological polar surface area (TPSA) is 20.2 Å². The molecule has 0 atom stereocenters. The summed E-state index contributed by atoms with van der Waals surface area (Å²) in [7, 11) is 0. The Hall–Kier alpha value is -1.38. The Morgan fingerprint density at radius 3 is 2.62 bits per heavy atom. The van der Waals surface area contributed by atoms with Crippen molar-refractivity contribution in [1.82, 2.24) is 0 Å². The highest BCUT2D eigenvalue weighted by Gasteiger charge is 1.99. The molecule has 1 N–H and O–H groups in total. The second-order valence-electron chi connectivity index (χ2n) is 3.48. The van der Waals surface area contributed by atoms with E-state index in [1.54, 1.807) is 11.3 Å². The van der Waals surface area contributed by atoms with Crippen LogP contribution in [-0.2, 0) is 0 Å². The normalized spacial score (nSPS) is 11.1. The smallest absolute Gasteiger partial charge is 0.0465 e. The second kappa shape index (κ2) is 5.64. The summed E-state index contributed by atoms with van der Waals surface area (Å²) in [6.07, 6.45) is 4.78. The molecule has 0 aliphatic rings. The van der Waals surface area contributed by atoms with Gasteiger partial charge in [0, 0.05) is 16.4 Å². The Bertz CT molecular complexity index is 457. The number of aliphatic hydroxyl groups is 1. The molecule has 0 bridgehead atoms. The molecule has 2 aromatic rings. The van der Waals surface area contributed by atoms with Crippen molar-refractivity contribution in [2.75, 3.05) is 6.61 Å². The maximum Gasteiger partial charge on any atom is 0.0465 e. The van der Waals surface area contributed by atoms with Crippen molar-refractivity contribution in [1.29, 1.82) is 0 Å². The molecule has 0 unspecified atom stereocenters. The molecular formula is C14H14OS. The van der Waals surface area contributed by atoms with E-state index >= 15 is 0 Å². The van der Waals surface area contributed by atoms with Crippen LogP contribution in [0, 0.1) is 0 Å². The summed E-state index contributed by atoms with van der Waals surface area (Å²) in [4.78, 5) is 2.51. The molecule has 0 saturated carbocycles. The van der Waals surface area contributed by atoms with Crippen LogP contribution in [0.4, 0.5) is 0 Å². The van der Waals surface area contributed by atoms with E-state index in [0.29, 0.717) is 0 Å². The molecule has 1 nitrogen and oxygen atoms in total. The lowest BCUT2D eigenvalue weighted by molar-refractivity contribution is 0.303. The lowest BCUT2D eigenvalue weighted by Gasteiger charge is -1.94. The number of hydrogen-bond donors (Lipinski definition) is 1. The SMILES string of the molecule is OCCC=Cc1ccc(-c2ccccc2)s1. The Kier molecular flexibility index (Phi) is 3.91. The van der Waals surface area contributed by atoms with Crippen LogP contribution in [-0.4, -0.2) is 11.7 Å². The lowest BCUT2D eigenvalue weighted by Crippen LogP contribution is -1.74. The van der Waals surface area contributed by atoms with Crippen LogP contribution in [0.2, 0.25) is 0 Å². The molecule has 82 valence electrons. The Morgan fingerprint density at radius 1 is 1.06 bits per heavy atom. The molecule has 2 heteroatoms. The van der Waals surface area contributed by atoms with Gasteiger partial charge in [0.15, 0.2) is 0 Å². The molecule has 1 heterocycles. The average Bonchev–Trinajstić information content (AvgIpc) is 2.79. The lowest BCUT2D eigenvalue weighted by atomic mass is 10.2. The largest absolute Gasteiger partial charge is 0.396 e. The van der Waals surface area contributed by atoms with Crippen molar-refractivity contribution in [3.63, 3.8) is 0 Å². The molecule has 16 heavy (non-hydrogen) atoms. The van der Waals surface area contributed by atoms with Crippen molar-refractivity contribution in [3.8, 4) is 10.4 Å². The first-order valence-electron chi connectivity index (χ1n) is 5.33. The van der Waals surface area contributed by atoms with Crippen LogP contribution in [0.5, 0.6) is 0 Å². The summed E-state index contributed by atoms with van der Waals surface area (Å²) in [6, 6.07) is 14.6. The van der Waals surface area contributed by atoms with Gasteiger partial charge in [0.05, 0.1) is 0 Å². The highest BCUT2D eigenvalue weighted by atomic mass is 32.1. The van der Waals surface area contributed by atoms with Crippen LogP contribution in [0.15, 0.2) is 48.5 Å². The zero-order chi connectivity index (χ0) is 11.2. The van der Waals surface area contributed by atoms with Crippen molar-refractivity contribution >= 4 is 17.4 Å². The molecule has 0 amide bonds. The van der Waals surface area contributed by atoms with E-state index in [9.17, 15) is 0 Å². The van der Waals surface area contributed by atoms with E-state index in [1.807, 2.05) is 12.1 Å². The molecule has 0 saturated heterocycles.